The number of benzene rings is 2. The fraction of sp³-hybridized carbons (Fsp3) is 0.211. The first-order chi connectivity index (χ1) is 12.1. The standard InChI is InChI=1S/C19H17N3OS2/c1-4-22-14-10-11(2)9-12(3)16(14)25-19(22)21-17(23)18-20-13-7-5-6-8-15(13)24-18/h5-10H,4H2,1-3H3. The fourth-order valence-electron chi connectivity index (χ4n) is 3.00. The highest BCUT2D eigenvalue weighted by Crippen LogP contribution is 2.24. The summed E-state index contributed by atoms with van der Waals surface area (Å²) in [4.78, 5) is 22.2. The van der Waals surface area contributed by atoms with Gasteiger partial charge in [0.2, 0.25) is 0 Å². The molecular formula is C19H17N3OS2. The van der Waals surface area contributed by atoms with E-state index in [0.29, 0.717) is 5.01 Å². The van der Waals surface area contributed by atoms with Crippen LogP contribution < -0.4 is 4.80 Å². The van der Waals surface area contributed by atoms with Gasteiger partial charge in [0.05, 0.1) is 20.4 Å². The number of carbonyl (C=O) groups is 1. The number of thiazole rings is 2. The van der Waals surface area contributed by atoms with Crippen molar-refractivity contribution < 1.29 is 4.79 Å². The van der Waals surface area contributed by atoms with E-state index in [9.17, 15) is 4.79 Å². The van der Waals surface area contributed by atoms with E-state index in [4.69, 9.17) is 0 Å². The molecular weight excluding hydrogens is 350 g/mol. The largest absolute Gasteiger partial charge is 0.317 e. The van der Waals surface area contributed by atoms with E-state index in [1.165, 1.54) is 27.2 Å². The number of fused-ring (bicyclic) bond motifs is 2. The lowest BCUT2D eigenvalue weighted by Gasteiger charge is -2.02. The molecule has 0 aliphatic rings. The summed E-state index contributed by atoms with van der Waals surface area (Å²) in [6.45, 7) is 7.04. The Kier molecular flexibility index (Phi) is 4.01. The summed E-state index contributed by atoms with van der Waals surface area (Å²) in [6.07, 6.45) is 0. The zero-order chi connectivity index (χ0) is 17.6. The van der Waals surface area contributed by atoms with Crippen LogP contribution in [0, 0.1) is 13.8 Å². The monoisotopic (exact) mass is 367 g/mol. The van der Waals surface area contributed by atoms with Gasteiger partial charge >= 0.3 is 5.91 Å². The van der Waals surface area contributed by atoms with Crippen molar-refractivity contribution >= 4 is 49.0 Å². The van der Waals surface area contributed by atoms with E-state index in [0.717, 1.165) is 27.1 Å². The molecule has 4 nitrogen and oxygen atoms in total. The number of hydrogen-bond acceptors (Lipinski definition) is 4. The van der Waals surface area contributed by atoms with Crippen LogP contribution >= 0.6 is 22.7 Å². The van der Waals surface area contributed by atoms with Gasteiger partial charge in [-0.3, -0.25) is 4.79 Å². The van der Waals surface area contributed by atoms with Crippen LogP contribution in [-0.4, -0.2) is 15.5 Å². The molecule has 2 aromatic carbocycles. The lowest BCUT2D eigenvalue weighted by atomic mass is 10.1. The highest BCUT2D eigenvalue weighted by molar-refractivity contribution is 7.20. The van der Waals surface area contributed by atoms with Gasteiger partial charge in [0.15, 0.2) is 9.81 Å². The Morgan fingerprint density at radius 1 is 1.20 bits per heavy atom. The number of amides is 1. The second-order valence-corrected chi connectivity index (χ2v) is 7.97. The molecule has 0 N–H and O–H groups in total. The van der Waals surface area contributed by atoms with E-state index >= 15 is 0 Å². The molecule has 4 rings (SSSR count). The molecule has 0 aliphatic heterocycles. The Hall–Kier alpha value is -2.31. The van der Waals surface area contributed by atoms with Gasteiger partial charge in [-0.25, -0.2) is 4.98 Å². The zero-order valence-corrected chi connectivity index (χ0v) is 15.9. The van der Waals surface area contributed by atoms with Crippen LogP contribution in [0.3, 0.4) is 0 Å². The fourth-order valence-corrected chi connectivity index (χ4v) is 4.99. The van der Waals surface area contributed by atoms with E-state index in [1.807, 2.05) is 24.3 Å². The van der Waals surface area contributed by atoms with Crippen LogP contribution in [0.5, 0.6) is 0 Å². The molecule has 0 unspecified atom stereocenters. The third-order valence-corrected chi connectivity index (χ3v) is 6.36. The summed E-state index contributed by atoms with van der Waals surface area (Å²) in [6, 6.07) is 12.1. The topological polar surface area (TPSA) is 47.2 Å². The minimum Gasteiger partial charge on any atom is -0.317 e. The molecule has 25 heavy (non-hydrogen) atoms. The number of nitrogens with zero attached hydrogens (tertiary/aromatic N) is 3. The Morgan fingerprint density at radius 2 is 2.00 bits per heavy atom. The second kappa shape index (κ2) is 6.20. The first-order valence-corrected chi connectivity index (χ1v) is 9.75. The van der Waals surface area contributed by atoms with Gasteiger partial charge in [-0.1, -0.05) is 29.5 Å². The number of para-hydroxylation sites is 1. The highest BCUT2D eigenvalue weighted by atomic mass is 32.1. The number of aryl methyl sites for hydroxylation is 3. The molecule has 0 saturated heterocycles. The van der Waals surface area contributed by atoms with E-state index in [-0.39, 0.29) is 5.91 Å². The number of rotatable bonds is 2. The Bertz CT molecular complexity index is 1150. The molecule has 0 radical (unpaired) electrons. The van der Waals surface area contributed by atoms with Gasteiger partial charge < -0.3 is 4.57 Å². The van der Waals surface area contributed by atoms with Gasteiger partial charge in [0.25, 0.3) is 0 Å². The average Bonchev–Trinajstić information content (AvgIpc) is 3.16. The van der Waals surface area contributed by atoms with Crippen molar-refractivity contribution in [1.29, 1.82) is 0 Å². The highest BCUT2D eigenvalue weighted by Gasteiger charge is 2.13. The van der Waals surface area contributed by atoms with Crippen LogP contribution in [0.15, 0.2) is 41.4 Å². The van der Waals surface area contributed by atoms with Crippen molar-refractivity contribution in [3.8, 4) is 0 Å². The van der Waals surface area contributed by atoms with Gasteiger partial charge in [-0.15, -0.1) is 11.3 Å². The van der Waals surface area contributed by atoms with Gasteiger partial charge in [0, 0.05) is 6.54 Å². The minimum absolute atomic E-state index is 0.274. The maximum Gasteiger partial charge on any atom is 0.308 e. The molecule has 0 aliphatic carbocycles. The van der Waals surface area contributed by atoms with Gasteiger partial charge in [0.1, 0.15) is 0 Å². The van der Waals surface area contributed by atoms with Gasteiger partial charge in [-0.05, 0) is 50.1 Å². The predicted molar refractivity (Wildman–Crippen MR) is 104 cm³/mol. The molecule has 2 aromatic heterocycles. The van der Waals surface area contributed by atoms with E-state index in [1.54, 1.807) is 11.3 Å². The maximum atomic E-state index is 12.7. The SMILES string of the molecule is CCn1c(=NC(=O)c2nc3ccccc3s2)sc2c(C)cc(C)cc21. The van der Waals surface area contributed by atoms with Crippen molar-refractivity contribution in [1.82, 2.24) is 9.55 Å². The van der Waals surface area contributed by atoms with Crippen LogP contribution in [0.4, 0.5) is 0 Å². The molecule has 6 heteroatoms. The van der Waals surface area contributed by atoms with Crippen LogP contribution in [0.2, 0.25) is 0 Å². The smallest absolute Gasteiger partial charge is 0.308 e. The molecule has 2 heterocycles. The predicted octanol–water partition coefficient (Wildman–Crippen LogP) is 4.69. The number of aromatic nitrogens is 2. The normalized spacial score (nSPS) is 12.4. The number of hydrogen-bond donors (Lipinski definition) is 0. The first kappa shape index (κ1) is 16.2. The van der Waals surface area contributed by atoms with Crippen LogP contribution in [-0.2, 0) is 6.54 Å². The summed E-state index contributed by atoms with van der Waals surface area (Å²) in [5.41, 5.74) is 4.42. The lowest BCUT2D eigenvalue weighted by Crippen LogP contribution is -2.15. The zero-order valence-electron chi connectivity index (χ0n) is 14.2. The molecule has 0 bridgehead atoms. The molecule has 126 valence electrons. The lowest BCUT2D eigenvalue weighted by molar-refractivity contribution is 0.0997. The molecule has 4 aromatic rings. The van der Waals surface area contributed by atoms with Crippen molar-refractivity contribution in [2.45, 2.75) is 27.3 Å². The minimum atomic E-state index is -0.274. The van der Waals surface area contributed by atoms with Crippen LogP contribution in [0.1, 0.15) is 27.9 Å². The van der Waals surface area contributed by atoms with Crippen molar-refractivity contribution in [3.05, 3.63) is 57.3 Å². The summed E-state index contributed by atoms with van der Waals surface area (Å²) < 4.78 is 4.29. The molecule has 0 saturated carbocycles. The Labute approximate surface area is 153 Å². The quantitative estimate of drug-likeness (QED) is 0.516. The molecule has 0 atom stereocenters. The summed E-state index contributed by atoms with van der Waals surface area (Å²) in [5.74, 6) is -0.274. The average molecular weight is 367 g/mol. The summed E-state index contributed by atoms with van der Waals surface area (Å²) in [5, 5.41) is 0.439. The second-order valence-electron chi connectivity index (χ2n) is 5.96. The first-order valence-electron chi connectivity index (χ1n) is 8.12. The molecule has 1 amide bonds. The van der Waals surface area contributed by atoms with Crippen molar-refractivity contribution in [2.24, 2.45) is 4.99 Å². The van der Waals surface area contributed by atoms with E-state index in [2.05, 4.69) is 47.4 Å². The number of carbonyl (C=O) groups excluding carboxylic acids is 1. The van der Waals surface area contributed by atoms with Gasteiger partial charge in [-0.2, -0.15) is 4.99 Å². The Balaban J connectivity index is 1.88. The van der Waals surface area contributed by atoms with E-state index < -0.39 is 0 Å². The Morgan fingerprint density at radius 3 is 2.76 bits per heavy atom. The summed E-state index contributed by atoms with van der Waals surface area (Å²) in [7, 11) is 0. The van der Waals surface area contributed by atoms with Crippen LogP contribution in [0.25, 0.3) is 20.4 Å². The molecule has 0 spiro atoms. The van der Waals surface area contributed by atoms with Crippen molar-refractivity contribution in [3.63, 3.8) is 0 Å². The van der Waals surface area contributed by atoms with Crippen molar-refractivity contribution in [2.75, 3.05) is 0 Å². The maximum absolute atomic E-state index is 12.7. The summed E-state index contributed by atoms with van der Waals surface area (Å²) >= 11 is 2.96. The molecule has 0 fully saturated rings. The third-order valence-electron chi connectivity index (χ3n) is 4.10. The third kappa shape index (κ3) is 2.81.